The summed E-state index contributed by atoms with van der Waals surface area (Å²) >= 11 is 0. The van der Waals surface area contributed by atoms with Crippen molar-refractivity contribution in [1.29, 1.82) is 0 Å². The lowest BCUT2D eigenvalue weighted by Crippen LogP contribution is -2.41. The maximum Gasteiger partial charge on any atom is 0.480 e. The van der Waals surface area contributed by atoms with Crippen LogP contribution in [0.4, 0.5) is 0 Å². The fourth-order valence-corrected chi connectivity index (χ4v) is 2.00. The van der Waals surface area contributed by atoms with Crippen LogP contribution in [0.1, 0.15) is 39.2 Å². The van der Waals surface area contributed by atoms with E-state index in [4.69, 9.17) is 15.0 Å². The molecule has 1 aromatic carbocycles. The van der Waals surface area contributed by atoms with Gasteiger partial charge in [-0.25, -0.2) is 0 Å². The average molecular weight is 265 g/mol. The first-order chi connectivity index (χ1) is 8.62. The van der Waals surface area contributed by atoms with Gasteiger partial charge < -0.3 is 25.3 Å². The standard InChI is InChI=1S/C13H20BNO4/c1-12(2)13(3,4)19-14(18-12)11(15)8-5-9(16)7-10(17)6-8/h5-7,11,16-17H,15H2,1-4H3/t11-/m0/s1. The Bertz CT molecular complexity index is 453. The van der Waals surface area contributed by atoms with Gasteiger partial charge in [-0.1, -0.05) is 0 Å². The highest BCUT2D eigenvalue weighted by molar-refractivity contribution is 6.47. The van der Waals surface area contributed by atoms with Crippen molar-refractivity contribution in [1.82, 2.24) is 0 Å². The molecule has 5 nitrogen and oxygen atoms in total. The monoisotopic (exact) mass is 265 g/mol. The van der Waals surface area contributed by atoms with E-state index in [0.29, 0.717) is 5.56 Å². The van der Waals surface area contributed by atoms with Gasteiger partial charge >= 0.3 is 7.12 Å². The third kappa shape index (κ3) is 2.56. The Balaban J connectivity index is 2.24. The summed E-state index contributed by atoms with van der Waals surface area (Å²) in [5, 5.41) is 19.0. The second-order valence-electron chi connectivity index (χ2n) is 5.93. The molecule has 0 aromatic heterocycles. The van der Waals surface area contributed by atoms with Gasteiger partial charge in [0.2, 0.25) is 0 Å². The fraction of sp³-hybridized carbons (Fsp3) is 0.538. The zero-order valence-electron chi connectivity index (χ0n) is 11.7. The quantitative estimate of drug-likeness (QED) is 0.709. The largest absolute Gasteiger partial charge is 0.508 e. The van der Waals surface area contributed by atoms with Gasteiger partial charge in [-0.05, 0) is 45.4 Å². The Morgan fingerprint density at radius 3 is 1.84 bits per heavy atom. The molecule has 1 aromatic rings. The van der Waals surface area contributed by atoms with E-state index >= 15 is 0 Å². The number of hydrogen-bond acceptors (Lipinski definition) is 5. The van der Waals surface area contributed by atoms with E-state index in [2.05, 4.69) is 0 Å². The summed E-state index contributed by atoms with van der Waals surface area (Å²) in [4.78, 5) is 0. The number of hydrogen-bond donors (Lipinski definition) is 3. The number of rotatable bonds is 2. The maximum absolute atomic E-state index is 9.49. The third-order valence-corrected chi connectivity index (χ3v) is 3.87. The van der Waals surface area contributed by atoms with Crippen molar-refractivity contribution in [2.24, 2.45) is 5.73 Å². The van der Waals surface area contributed by atoms with Crippen LogP contribution in [0.5, 0.6) is 11.5 Å². The molecule has 1 fully saturated rings. The molecule has 0 unspecified atom stereocenters. The Morgan fingerprint density at radius 1 is 1.00 bits per heavy atom. The van der Waals surface area contributed by atoms with E-state index < -0.39 is 24.3 Å². The molecule has 0 amide bonds. The van der Waals surface area contributed by atoms with Crippen LogP contribution in [0.15, 0.2) is 18.2 Å². The average Bonchev–Trinajstić information content (AvgIpc) is 2.45. The molecule has 2 rings (SSSR count). The molecule has 1 aliphatic heterocycles. The van der Waals surface area contributed by atoms with E-state index in [1.54, 1.807) is 0 Å². The van der Waals surface area contributed by atoms with Crippen LogP contribution in [-0.4, -0.2) is 28.5 Å². The molecule has 1 heterocycles. The predicted octanol–water partition coefficient (Wildman–Crippen LogP) is 1.73. The van der Waals surface area contributed by atoms with Crippen molar-refractivity contribution in [2.45, 2.75) is 44.8 Å². The highest BCUT2D eigenvalue weighted by Gasteiger charge is 2.53. The van der Waals surface area contributed by atoms with Crippen LogP contribution in [0.3, 0.4) is 0 Å². The molecule has 0 saturated carbocycles. The van der Waals surface area contributed by atoms with Gasteiger partial charge in [-0.15, -0.1) is 0 Å². The fourth-order valence-electron chi connectivity index (χ4n) is 2.00. The summed E-state index contributed by atoms with van der Waals surface area (Å²) in [6.45, 7) is 7.78. The van der Waals surface area contributed by atoms with Crippen LogP contribution in [0, 0.1) is 0 Å². The third-order valence-electron chi connectivity index (χ3n) is 3.87. The molecule has 6 heteroatoms. The predicted molar refractivity (Wildman–Crippen MR) is 72.8 cm³/mol. The van der Waals surface area contributed by atoms with Gasteiger partial charge in [0.1, 0.15) is 11.5 Å². The molecule has 0 aliphatic carbocycles. The lowest BCUT2D eigenvalue weighted by atomic mass is 9.75. The lowest BCUT2D eigenvalue weighted by Gasteiger charge is -2.32. The van der Waals surface area contributed by atoms with E-state index in [1.807, 2.05) is 27.7 Å². The summed E-state index contributed by atoms with van der Waals surface area (Å²) in [6, 6.07) is 4.24. The number of benzene rings is 1. The molecule has 0 bridgehead atoms. The Kier molecular flexibility index (Phi) is 3.29. The summed E-state index contributed by atoms with van der Waals surface area (Å²) in [5.74, 6) is -0.664. The normalized spacial score (nSPS) is 22.5. The zero-order valence-corrected chi connectivity index (χ0v) is 11.7. The second-order valence-corrected chi connectivity index (χ2v) is 5.93. The highest BCUT2D eigenvalue weighted by atomic mass is 16.7. The molecular weight excluding hydrogens is 245 g/mol. The van der Waals surface area contributed by atoms with Gasteiger partial charge in [0.25, 0.3) is 0 Å². The lowest BCUT2D eigenvalue weighted by molar-refractivity contribution is 0.00578. The number of phenols is 2. The molecule has 4 N–H and O–H groups in total. The van der Waals surface area contributed by atoms with Gasteiger partial charge in [-0.2, -0.15) is 0 Å². The Hall–Kier alpha value is -1.24. The Labute approximate surface area is 113 Å². The van der Waals surface area contributed by atoms with Crippen molar-refractivity contribution in [3.63, 3.8) is 0 Å². The van der Waals surface area contributed by atoms with Crippen LogP contribution in [0.2, 0.25) is 0 Å². The first-order valence-corrected chi connectivity index (χ1v) is 6.26. The molecule has 104 valence electrons. The number of nitrogens with two attached hydrogens (primary N) is 1. The smallest absolute Gasteiger partial charge is 0.480 e. The number of aromatic hydroxyl groups is 2. The molecule has 1 saturated heterocycles. The van der Waals surface area contributed by atoms with Crippen LogP contribution >= 0.6 is 0 Å². The highest BCUT2D eigenvalue weighted by Crippen LogP contribution is 2.40. The maximum atomic E-state index is 9.49. The minimum atomic E-state index is -0.619. The van der Waals surface area contributed by atoms with E-state index in [-0.39, 0.29) is 11.5 Å². The molecular formula is C13H20BNO4. The SMILES string of the molecule is CC1(C)OB([C@@H](N)c2cc(O)cc(O)c2)OC1(C)C. The first kappa shape index (κ1) is 14.2. The molecule has 0 spiro atoms. The van der Waals surface area contributed by atoms with Crippen molar-refractivity contribution in [2.75, 3.05) is 0 Å². The summed E-state index contributed by atoms with van der Waals surface area (Å²) in [6.07, 6.45) is 0. The molecule has 1 aliphatic rings. The topological polar surface area (TPSA) is 84.9 Å². The van der Waals surface area contributed by atoms with Gasteiger partial charge in [-0.3, -0.25) is 0 Å². The van der Waals surface area contributed by atoms with E-state index in [0.717, 1.165) is 0 Å². The summed E-state index contributed by atoms with van der Waals surface area (Å²) in [5.41, 5.74) is 5.75. The summed E-state index contributed by atoms with van der Waals surface area (Å²) < 4.78 is 11.7. The summed E-state index contributed by atoms with van der Waals surface area (Å²) in [7, 11) is -0.619. The van der Waals surface area contributed by atoms with Crippen LogP contribution in [-0.2, 0) is 9.31 Å². The minimum Gasteiger partial charge on any atom is -0.508 e. The van der Waals surface area contributed by atoms with Crippen molar-refractivity contribution < 1.29 is 19.5 Å². The molecule has 0 radical (unpaired) electrons. The van der Waals surface area contributed by atoms with E-state index in [9.17, 15) is 10.2 Å². The Morgan fingerprint density at radius 2 is 1.42 bits per heavy atom. The van der Waals surface area contributed by atoms with Crippen molar-refractivity contribution in [3.8, 4) is 11.5 Å². The molecule has 1 atom stereocenters. The molecule has 19 heavy (non-hydrogen) atoms. The van der Waals surface area contributed by atoms with E-state index in [1.165, 1.54) is 18.2 Å². The van der Waals surface area contributed by atoms with Crippen molar-refractivity contribution in [3.05, 3.63) is 23.8 Å². The first-order valence-electron chi connectivity index (χ1n) is 6.26. The van der Waals surface area contributed by atoms with Crippen LogP contribution in [0.25, 0.3) is 0 Å². The van der Waals surface area contributed by atoms with Gasteiger partial charge in [0, 0.05) is 6.07 Å². The number of phenolic OH excluding ortho intramolecular Hbond substituents is 2. The van der Waals surface area contributed by atoms with Gasteiger partial charge in [0.05, 0.1) is 17.1 Å². The van der Waals surface area contributed by atoms with Crippen molar-refractivity contribution >= 4 is 7.12 Å². The minimum absolute atomic E-state index is 0.0398. The van der Waals surface area contributed by atoms with Gasteiger partial charge in [0.15, 0.2) is 0 Å². The second kappa shape index (κ2) is 4.40. The van der Waals surface area contributed by atoms with Crippen LogP contribution < -0.4 is 5.73 Å². The zero-order chi connectivity index (χ0) is 14.4.